The second-order valence-electron chi connectivity index (χ2n) is 7.23. The first-order valence-electron chi connectivity index (χ1n) is 8.69. The second-order valence-corrected chi connectivity index (χ2v) is 7.23. The number of aryl methyl sites for hydroxylation is 1. The Labute approximate surface area is 156 Å². The number of carbonyl (C=O) groups excluding carboxylic acids is 1. The average Bonchev–Trinajstić information content (AvgIpc) is 2.56. The molecule has 0 heterocycles. The lowest BCUT2D eigenvalue weighted by molar-refractivity contribution is 0.104. The molecule has 0 saturated carbocycles. The number of carbonyl (C=O) groups is 1. The zero-order valence-corrected chi connectivity index (χ0v) is 16.3. The highest BCUT2D eigenvalue weighted by atomic mass is 16.3. The molecule has 138 valence electrons. The van der Waals surface area contributed by atoms with Crippen molar-refractivity contribution in [1.82, 2.24) is 9.80 Å². The SMILES string of the molecule is Cc1ccc(/C=C\C(=O)c2cc(CN(C)C)c(O)c(CN(C)C)c2)cc1. The van der Waals surface area contributed by atoms with Gasteiger partial charge >= 0.3 is 0 Å². The van der Waals surface area contributed by atoms with Gasteiger partial charge in [0.15, 0.2) is 5.78 Å². The van der Waals surface area contributed by atoms with Gasteiger partial charge in [0.05, 0.1) is 0 Å². The third-order valence-electron chi connectivity index (χ3n) is 4.03. The van der Waals surface area contributed by atoms with Gasteiger partial charge in [0.1, 0.15) is 5.75 Å². The normalized spacial score (nSPS) is 11.7. The van der Waals surface area contributed by atoms with E-state index in [1.54, 1.807) is 18.2 Å². The Kier molecular flexibility index (Phi) is 6.72. The van der Waals surface area contributed by atoms with E-state index in [0.717, 1.165) is 16.7 Å². The van der Waals surface area contributed by atoms with Gasteiger partial charge in [-0.15, -0.1) is 0 Å². The third-order valence-corrected chi connectivity index (χ3v) is 4.03. The minimum absolute atomic E-state index is 0.0643. The summed E-state index contributed by atoms with van der Waals surface area (Å²) in [4.78, 5) is 16.6. The summed E-state index contributed by atoms with van der Waals surface area (Å²) in [7, 11) is 7.77. The van der Waals surface area contributed by atoms with E-state index in [1.807, 2.05) is 75.3 Å². The molecule has 0 fully saturated rings. The van der Waals surface area contributed by atoms with Gasteiger partial charge in [0.2, 0.25) is 0 Å². The van der Waals surface area contributed by atoms with E-state index >= 15 is 0 Å². The molecule has 0 aliphatic rings. The van der Waals surface area contributed by atoms with E-state index < -0.39 is 0 Å². The highest BCUT2D eigenvalue weighted by molar-refractivity contribution is 6.07. The van der Waals surface area contributed by atoms with Crippen LogP contribution in [0, 0.1) is 6.92 Å². The van der Waals surface area contributed by atoms with E-state index in [0.29, 0.717) is 18.7 Å². The van der Waals surface area contributed by atoms with Crippen molar-refractivity contribution in [3.63, 3.8) is 0 Å². The molecule has 2 rings (SSSR count). The molecule has 0 aliphatic carbocycles. The van der Waals surface area contributed by atoms with Crippen LogP contribution in [0.2, 0.25) is 0 Å². The van der Waals surface area contributed by atoms with Crippen LogP contribution in [0.25, 0.3) is 6.08 Å². The number of benzene rings is 2. The van der Waals surface area contributed by atoms with Crippen molar-refractivity contribution in [1.29, 1.82) is 0 Å². The number of ketones is 1. The lowest BCUT2D eigenvalue weighted by Crippen LogP contribution is -2.15. The van der Waals surface area contributed by atoms with Crippen LogP contribution in [0.15, 0.2) is 42.5 Å². The standard InChI is InChI=1S/C22H28N2O2/c1-16-6-8-17(9-7-16)10-11-21(25)18-12-19(14-23(2)3)22(26)20(13-18)15-24(4)5/h6-13,26H,14-15H2,1-5H3/b11-10-. The summed E-state index contributed by atoms with van der Waals surface area (Å²) >= 11 is 0. The predicted octanol–water partition coefficient (Wildman–Crippen LogP) is 3.72. The summed E-state index contributed by atoms with van der Waals surface area (Å²) in [5, 5.41) is 10.5. The van der Waals surface area contributed by atoms with E-state index in [9.17, 15) is 9.90 Å². The molecule has 0 spiro atoms. The Balaban J connectivity index is 2.33. The second kappa shape index (κ2) is 8.79. The van der Waals surface area contributed by atoms with E-state index in [2.05, 4.69) is 0 Å². The maximum atomic E-state index is 12.7. The van der Waals surface area contributed by atoms with Crippen LogP contribution in [0.5, 0.6) is 5.75 Å². The molecule has 26 heavy (non-hydrogen) atoms. The zero-order valence-electron chi connectivity index (χ0n) is 16.3. The van der Waals surface area contributed by atoms with Gasteiger partial charge < -0.3 is 14.9 Å². The van der Waals surface area contributed by atoms with Crippen LogP contribution < -0.4 is 0 Å². The maximum absolute atomic E-state index is 12.7. The summed E-state index contributed by atoms with van der Waals surface area (Å²) in [6, 6.07) is 11.6. The first-order chi connectivity index (χ1) is 12.3. The highest BCUT2D eigenvalue weighted by Gasteiger charge is 2.14. The molecule has 0 aliphatic heterocycles. The van der Waals surface area contributed by atoms with Gasteiger partial charge in [-0.05, 0) is 58.9 Å². The molecule has 1 N–H and O–H groups in total. The Morgan fingerprint density at radius 1 is 0.962 bits per heavy atom. The Morgan fingerprint density at radius 2 is 1.46 bits per heavy atom. The van der Waals surface area contributed by atoms with Gasteiger partial charge in [0.25, 0.3) is 0 Å². The molecule has 4 heteroatoms. The number of hydrogen-bond donors (Lipinski definition) is 1. The number of allylic oxidation sites excluding steroid dienone is 1. The van der Waals surface area contributed by atoms with Crippen molar-refractivity contribution in [2.24, 2.45) is 0 Å². The maximum Gasteiger partial charge on any atom is 0.185 e. The molecule has 0 unspecified atom stereocenters. The van der Waals surface area contributed by atoms with Crippen molar-refractivity contribution in [3.05, 3.63) is 70.3 Å². The number of phenolic OH excluding ortho intramolecular Hbond substituents is 1. The molecule has 4 nitrogen and oxygen atoms in total. The molecular formula is C22H28N2O2. The summed E-state index contributed by atoms with van der Waals surface area (Å²) in [6.45, 7) is 3.19. The van der Waals surface area contributed by atoms with E-state index in [-0.39, 0.29) is 11.5 Å². The van der Waals surface area contributed by atoms with Gasteiger partial charge in [-0.25, -0.2) is 0 Å². The number of aromatic hydroxyl groups is 1. The molecule has 2 aromatic carbocycles. The first-order valence-corrected chi connectivity index (χ1v) is 8.69. The van der Waals surface area contributed by atoms with E-state index in [1.165, 1.54) is 5.56 Å². The quantitative estimate of drug-likeness (QED) is 0.609. The number of rotatable bonds is 7. The molecule has 0 bridgehead atoms. The van der Waals surface area contributed by atoms with Crippen molar-refractivity contribution < 1.29 is 9.90 Å². The van der Waals surface area contributed by atoms with Crippen LogP contribution in [-0.2, 0) is 13.1 Å². The van der Waals surface area contributed by atoms with Crippen molar-refractivity contribution in [2.45, 2.75) is 20.0 Å². The topological polar surface area (TPSA) is 43.8 Å². The Bertz CT molecular complexity index is 759. The van der Waals surface area contributed by atoms with Crippen LogP contribution in [0.4, 0.5) is 0 Å². The molecule has 0 saturated heterocycles. The summed E-state index contributed by atoms with van der Waals surface area (Å²) < 4.78 is 0. The lowest BCUT2D eigenvalue weighted by atomic mass is 9.99. The smallest absolute Gasteiger partial charge is 0.185 e. The van der Waals surface area contributed by atoms with Crippen molar-refractivity contribution >= 4 is 11.9 Å². The summed E-state index contributed by atoms with van der Waals surface area (Å²) in [5.41, 5.74) is 4.31. The van der Waals surface area contributed by atoms with Gasteiger partial charge in [-0.2, -0.15) is 0 Å². The average molecular weight is 352 g/mol. The van der Waals surface area contributed by atoms with Gasteiger partial charge in [-0.1, -0.05) is 35.9 Å². The van der Waals surface area contributed by atoms with Crippen LogP contribution in [0.1, 0.15) is 32.6 Å². The van der Waals surface area contributed by atoms with Crippen molar-refractivity contribution in [2.75, 3.05) is 28.2 Å². The number of nitrogens with zero attached hydrogens (tertiary/aromatic N) is 2. The monoisotopic (exact) mass is 352 g/mol. The zero-order chi connectivity index (χ0) is 19.3. The molecule has 0 atom stereocenters. The Hall–Kier alpha value is -2.43. The predicted molar refractivity (Wildman–Crippen MR) is 107 cm³/mol. The third kappa shape index (κ3) is 5.55. The highest BCUT2D eigenvalue weighted by Crippen LogP contribution is 2.27. The molecular weight excluding hydrogens is 324 g/mol. The molecule has 0 aromatic heterocycles. The largest absolute Gasteiger partial charge is 0.507 e. The fourth-order valence-corrected chi connectivity index (χ4v) is 2.77. The van der Waals surface area contributed by atoms with E-state index in [4.69, 9.17) is 0 Å². The fraction of sp³-hybridized carbons (Fsp3) is 0.318. The van der Waals surface area contributed by atoms with Gasteiger partial charge in [0, 0.05) is 29.8 Å². The summed E-state index contributed by atoms with van der Waals surface area (Å²) in [6.07, 6.45) is 3.42. The molecule has 0 radical (unpaired) electrons. The number of phenols is 1. The molecule has 2 aromatic rings. The fourth-order valence-electron chi connectivity index (χ4n) is 2.77. The lowest BCUT2D eigenvalue weighted by Gasteiger charge is -2.17. The first kappa shape index (κ1) is 19.9. The minimum Gasteiger partial charge on any atom is -0.507 e. The summed E-state index contributed by atoms with van der Waals surface area (Å²) in [5.74, 6) is 0.206. The molecule has 0 amide bonds. The Morgan fingerprint density at radius 3 is 1.92 bits per heavy atom. The number of hydrogen-bond acceptors (Lipinski definition) is 4. The minimum atomic E-state index is -0.0643. The van der Waals surface area contributed by atoms with Crippen molar-refractivity contribution in [3.8, 4) is 5.75 Å². The van der Waals surface area contributed by atoms with Crippen LogP contribution >= 0.6 is 0 Å². The van der Waals surface area contributed by atoms with Gasteiger partial charge in [-0.3, -0.25) is 4.79 Å². The van der Waals surface area contributed by atoms with Crippen LogP contribution in [0.3, 0.4) is 0 Å². The van der Waals surface area contributed by atoms with Crippen LogP contribution in [-0.4, -0.2) is 48.9 Å².